The number of carbonyl (C=O) groups excluding carboxylic acids is 2. The highest BCUT2D eigenvalue weighted by molar-refractivity contribution is 5.70. The number of aliphatic hydroxyl groups is 4. The molecule has 63 heavy (non-hydrogen) atoms. The Morgan fingerprint density at radius 3 is 1.25 bits per heavy atom. The zero-order chi connectivity index (χ0) is 45.9. The summed E-state index contributed by atoms with van der Waals surface area (Å²) in [4.78, 5) is 25.5. The summed E-state index contributed by atoms with van der Waals surface area (Å²) < 4.78 is 22.3. The summed E-state index contributed by atoms with van der Waals surface area (Å²) in [6.45, 7) is 3.45. The summed E-state index contributed by atoms with van der Waals surface area (Å²) in [7, 11) is 0. The number of carbonyl (C=O) groups is 2. The summed E-state index contributed by atoms with van der Waals surface area (Å²) in [6.07, 6.45) is 42.3. The Bertz CT molecular complexity index is 1040. The molecule has 1 aliphatic rings. The van der Waals surface area contributed by atoms with Crippen molar-refractivity contribution >= 4 is 11.9 Å². The molecule has 0 spiro atoms. The Labute approximate surface area is 386 Å². The van der Waals surface area contributed by atoms with E-state index in [4.69, 9.17) is 18.9 Å². The lowest BCUT2D eigenvalue weighted by molar-refractivity contribution is -0.305. The smallest absolute Gasteiger partial charge is 0.306 e. The Kier molecular flexibility index (Phi) is 41.8. The van der Waals surface area contributed by atoms with Gasteiger partial charge in [-0.15, -0.1) is 0 Å². The molecule has 10 nitrogen and oxygen atoms in total. The molecular weight excluding hydrogens is 797 g/mol. The summed E-state index contributed by atoms with van der Waals surface area (Å²) in [5, 5.41) is 40.2. The maximum Gasteiger partial charge on any atom is 0.306 e. The van der Waals surface area contributed by atoms with Gasteiger partial charge < -0.3 is 39.4 Å². The van der Waals surface area contributed by atoms with E-state index in [9.17, 15) is 30.0 Å². The lowest BCUT2D eigenvalue weighted by atomic mass is 9.99. The van der Waals surface area contributed by atoms with Gasteiger partial charge in [0.25, 0.3) is 0 Å². The average molecular weight is 897 g/mol. The van der Waals surface area contributed by atoms with Crippen LogP contribution in [0.3, 0.4) is 0 Å². The van der Waals surface area contributed by atoms with E-state index in [-0.39, 0.29) is 32.0 Å². The maximum atomic E-state index is 12.8. The minimum atomic E-state index is -1.59. The van der Waals surface area contributed by atoms with Crippen molar-refractivity contribution < 1.29 is 49.0 Å². The van der Waals surface area contributed by atoms with Gasteiger partial charge in [0, 0.05) is 12.8 Å². The molecule has 0 amide bonds. The molecule has 10 heteroatoms. The molecule has 0 saturated carbocycles. The monoisotopic (exact) mass is 897 g/mol. The second-order valence-electron chi connectivity index (χ2n) is 18.7. The number of hydrogen-bond acceptors (Lipinski definition) is 10. The van der Waals surface area contributed by atoms with Crippen LogP contribution < -0.4 is 0 Å². The van der Waals surface area contributed by atoms with Gasteiger partial charge in [-0.1, -0.05) is 219 Å². The zero-order valence-electron chi connectivity index (χ0n) is 40.8. The lowest BCUT2D eigenvalue weighted by Gasteiger charge is -2.39. The molecule has 372 valence electrons. The molecule has 0 aromatic carbocycles. The molecule has 4 N–H and O–H groups in total. The Morgan fingerprint density at radius 2 is 0.841 bits per heavy atom. The highest BCUT2D eigenvalue weighted by Crippen LogP contribution is 2.23. The highest BCUT2D eigenvalue weighted by atomic mass is 16.7. The third kappa shape index (κ3) is 35.3. The van der Waals surface area contributed by atoms with E-state index in [0.717, 1.165) is 44.9 Å². The van der Waals surface area contributed by atoms with Gasteiger partial charge in [0.15, 0.2) is 12.4 Å². The van der Waals surface area contributed by atoms with Crippen molar-refractivity contribution in [3.63, 3.8) is 0 Å². The van der Waals surface area contributed by atoms with Crippen molar-refractivity contribution in [2.75, 3.05) is 19.8 Å². The Morgan fingerprint density at radius 1 is 0.476 bits per heavy atom. The van der Waals surface area contributed by atoms with Gasteiger partial charge in [-0.3, -0.25) is 9.59 Å². The van der Waals surface area contributed by atoms with Gasteiger partial charge in [0.1, 0.15) is 31.0 Å². The van der Waals surface area contributed by atoms with Crippen LogP contribution in [0.4, 0.5) is 0 Å². The lowest BCUT2D eigenvalue weighted by Crippen LogP contribution is -2.59. The van der Waals surface area contributed by atoms with Crippen LogP contribution in [0.5, 0.6) is 0 Å². The van der Waals surface area contributed by atoms with Gasteiger partial charge in [-0.05, 0) is 38.5 Å². The van der Waals surface area contributed by atoms with Gasteiger partial charge >= 0.3 is 11.9 Å². The molecule has 1 rings (SSSR count). The minimum absolute atomic E-state index is 0.213. The average Bonchev–Trinajstić information content (AvgIpc) is 3.28. The quantitative estimate of drug-likeness (QED) is 0.0264. The normalized spacial score (nSPS) is 19.5. The van der Waals surface area contributed by atoms with E-state index < -0.39 is 49.4 Å². The first-order valence-corrected chi connectivity index (χ1v) is 26.8. The first kappa shape index (κ1) is 59.5. The Hall–Kier alpha value is -1.56. The van der Waals surface area contributed by atoms with Crippen LogP contribution in [0, 0.1) is 0 Å². The largest absolute Gasteiger partial charge is 0.462 e. The van der Waals surface area contributed by atoms with E-state index in [1.165, 1.54) is 180 Å². The molecule has 1 heterocycles. The van der Waals surface area contributed by atoms with Crippen LogP contribution in [-0.4, -0.2) is 89.0 Å². The van der Waals surface area contributed by atoms with Crippen LogP contribution in [0.15, 0.2) is 12.2 Å². The number of ether oxygens (including phenoxy) is 4. The van der Waals surface area contributed by atoms with Crippen LogP contribution in [-0.2, 0) is 28.5 Å². The number of esters is 2. The molecule has 0 aliphatic carbocycles. The van der Waals surface area contributed by atoms with E-state index in [2.05, 4.69) is 26.0 Å². The zero-order valence-corrected chi connectivity index (χ0v) is 40.8. The predicted octanol–water partition coefficient (Wildman–Crippen LogP) is 12.7. The second-order valence-corrected chi connectivity index (χ2v) is 18.7. The number of allylic oxidation sites excluding steroid dienone is 2. The Balaban J connectivity index is 2.20. The predicted molar refractivity (Wildman–Crippen MR) is 256 cm³/mol. The highest BCUT2D eigenvalue weighted by Gasteiger charge is 2.44. The maximum absolute atomic E-state index is 12.8. The molecule has 1 aliphatic heterocycles. The SMILES string of the molecule is CCCCCC/C=C/CCCCCCCCCC(=O)O[C@@H](COC(=O)CCCCCCCCCCCCCCCCCCCCCCCCC)CO[C@H]1O[C@@H](CO)[C@@H](O)C(O)C1O. The van der Waals surface area contributed by atoms with Crippen molar-refractivity contribution in [1.82, 2.24) is 0 Å². The van der Waals surface area contributed by atoms with Crippen molar-refractivity contribution in [1.29, 1.82) is 0 Å². The van der Waals surface area contributed by atoms with E-state index in [0.29, 0.717) is 6.42 Å². The molecular formula is C53H100O10. The second kappa shape index (κ2) is 44.3. The van der Waals surface area contributed by atoms with Crippen molar-refractivity contribution in [3.8, 4) is 0 Å². The van der Waals surface area contributed by atoms with Crippen LogP contribution >= 0.6 is 0 Å². The third-order valence-electron chi connectivity index (χ3n) is 12.7. The summed E-state index contributed by atoms with van der Waals surface area (Å²) >= 11 is 0. The van der Waals surface area contributed by atoms with Gasteiger partial charge in [-0.2, -0.15) is 0 Å². The standard InChI is InChI=1S/C53H100O10/c1-3-5-7-9-11-13-15-17-19-20-21-22-23-24-25-26-28-29-31-33-35-37-39-41-48(55)60-44-46(45-61-53-52(59)51(58)50(57)47(43-54)63-53)62-49(56)42-40-38-36-34-32-30-27-18-16-14-12-10-8-6-4-2/h14,16,46-47,50-54,57-59H,3-13,15,17-45H2,1-2H3/b16-14+/t46-,47-,50+,51?,52?,53-/m0/s1. The van der Waals surface area contributed by atoms with Crippen LogP contribution in [0.25, 0.3) is 0 Å². The number of unbranched alkanes of at least 4 members (excludes halogenated alkanes) is 33. The molecule has 0 aromatic heterocycles. The topological polar surface area (TPSA) is 152 Å². The van der Waals surface area contributed by atoms with Crippen molar-refractivity contribution in [2.24, 2.45) is 0 Å². The fourth-order valence-electron chi connectivity index (χ4n) is 8.42. The minimum Gasteiger partial charge on any atom is -0.462 e. The first-order valence-electron chi connectivity index (χ1n) is 26.8. The van der Waals surface area contributed by atoms with Crippen molar-refractivity contribution in [2.45, 2.75) is 295 Å². The van der Waals surface area contributed by atoms with E-state index in [1.54, 1.807) is 0 Å². The molecule has 1 saturated heterocycles. The summed E-state index contributed by atoms with van der Waals surface area (Å²) in [6, 6.07) is 0. The van der Waals surface area contributed by atoms with Crippen LogP contribution in [0.1, 0.15) is 258 Å². The molecule has 1 fully saturated rings. The molecule has 0 aromatic rings. The van der Waals surface area contributed by atoms with Gasteiger partial charge in [0.05, 0.1) is 13.2 Å². The fraction of sp³-hybridized carbons (Fsp3) is 0.925. The third-order valence-corrected chi connectivity index (χ3v) is 12.7. The first-order chi connectivity index (χ1) is 30.8. The van der Waals surface area contributed by atoms with Gasteiger partial charge in [0.2, 0.25) is 0 Å². The van der Waals surface area contributed by atoms with E-state index >= 15 is 0 Å². The number of rotatable bonds is 46. The van der Waals surface area contributed by atoms with Gasteiger partial charge in [-0.25, -0.2) is 0 Å². The molecule has 0 bridgehead atoms. The molecule has 6 atom stereocenters. The summed E-state index contributed by atoms with van der Waals surface area (Å²) in [5.74, 6) is -0.796. The fourth-order valence-corrected chi connectivity index (χ4v) is 8.42. The summed E-state index contributed by atoms with van der Waals surface area (Å²) in [5.41, 5.74) is 0. The molecule has 0 radical (unpaired) electrons. The number of hydrogen-bond donors (Lipinski definition) is 4. The van der Waals surface area contributed by atoms with Crippen molar-refractivity contribution in [3.05, 3.63) is 12.2 Å². The van der Waals surface area contributed by atoms with E-state index in [1.807, 2.05) is 0 Å². The van der Waals surface area contributed by atoms with Crippen LogP contribution in [0.2, 0.25) is 0 Å². The number of aliphatic hydroxyl groups excluding tert-OH is 4. The molecule has 2 unspecified atom stereocenters.